The van der Waals surface area contributed by atoms with Gasteiger partial charge in [0.15, 0.2) is 0 Å². The quantitative estimate of drug-likeness (QED) is 0.255. The van der Waals surface area contributed by atoms with Gasteiger partial charge in [-0.05, 0) is 62.6 Å². The second-order valence-corrected chi connectivity index (χ2v) is 11.3. The molecule has 1 aliphatic heterocycles. The summed E-state index contributed by atoms with van der Waals surface area (Å²) in [7, 11) is -3.56. The van der Waals surface area contributed by atoms with Gasteiger partial charge in [-0.25, -0.2) is 8.42 Å². The van der Waals surface area contributed by atoms with Crippen molar-refractivity contribution in [3.63, 3.8) is 0 Å². The zero-order valence-corrected chi connectivity index (χ0v) is 22.0. The van der Waals surface area contributed by atoms with Crippen LogP contribution >= 0.6 is 0 Å². The van der Waals surface area contributed by atoms with Crippen LogP contribution in [-0.4, -0.2) is 55.0 Å². The van der Waals surface area contributed by atoms with Crippen molar-refractivity contribution in [3.8, 4) is 5.75 Å². The standard InChI is InChI=1S/C26H38F2N2O5S/c1-20-15-16-21(18-23(20)31)12-8-4-3-5-9-13-22-19-26(27,28)25(33)30(22)17-11-7-6-10-14-24(32)29-36(2,34)35/h9,13,15-16,18,22,31H,3-8,10-12,14,17,19H2,1-2H3,(H,29,32)/b13-9+. The second kappa shape index (κ2) is 13.7. The number of unbranched alkanes of at least 4 members (excludes halogenated alkanes) is 6. The predicted molar refractivity (Wildman–Crippen MR) is 135 cm³/mol. The number of phenols is 1. The number of nitrogens with zero attached hydrogens (tertiary/aromatic N) is 1. The molecule has 1 aliphatic rings. The van der Waals surface area contributed by atoms with Crippen LogP contribution in [-0.2, 0) is 26.0 Å². The van der Waals surface area contributed by atoms with E-state index in [9.17, 15) is 31.9 Å². The summed E-state index contributed by atoms with van der Waals surface area (Å²) in [6.07, 6.45) is 10.9. The number of nitrogens with one attached hydrogen (secondary N) is 1. The molecule has 1 aromatic rings. The van der Waals surface area contributed by atoms with Crippen LogP contribution in [0.15, 0.2) is 30.4 Å². The normalized spacial score (nSPS) is 17.7. The number of carbonyl (C=O) groups excluding carboxylic acids is 2. The minimum atomic E-state index is -3.56. The van der Waals surface area contributed by atoms with Gasteiger partial charge < -0.3 is 10.0 Å². The molecule has 0 aliphatic carbocycles. The molecule has 1 aromatic carbocycles. The van der Waals surface area contributed by atoms with E-state index in [1.54, 1.807) is 12.1 Å². The number of benzene rings is 1. The van der Waals surface area contributed by atoms with Crippen LogP contribution in [0.4, 0.5) is 8.78 Å². The largest absolute Gasteiger partial charge is 0.508 e. The Morgan fingerprint density at radius 1 is 1.17 bits per heavy atom. The van der Waals surface area contributed by atoms with Gasteiger partial charge in [0, 0.05) is 19.4 Å². The topological polar surface area (TPSA) is 104 Å². The van der Waals surface area contributed by atoms with Crippen LogP contribution < -0.4 is 4.72 Å². The SMILES string of the molecule is Cc1ccc(CCCCC/C=C/C2CC(F)(F)C(=O)N2CCCCCCC(=O)NS(C)(=O)=O)cc1O. The van der Waals surface area contributed by atoms with E-state index in [4.69, 9.17) is 0 Å². The van der Waals surface area contributed by atoms with Crippen LogP contribution in [0.1, 0.15) is 75.3 Å². The maximum Gasteiger partial charge on any atom is 0.327 e. The lowest BCUT2D eigenvalue weighted by Crippen LogP contribution is -2.36. The lowest BCUT2D eigenvalue weighted by atomic mass is 10.0. The monoisotopic (exact) mass is 528 g/mol. The Balaban J connectivity index is 1.68. The van der Waals surface area contributed by atoms with Crippen LogP contribution in [0.2, 0.25) is 0 Å². The smallest absolute Gasteiger partial charge is 0.327 e. The maximum atomic E-state index is 14.0. The highest BCUT2D eigenvalue weighted by molar-refractivity contribution is 7.89. The number of aryl methyl sites for hydroxylation is 2. The highest BCUT2D eigenvalue weighted by atomic mass is 32.2. The summed E-state index contributed by atoms with van der Waals surface area (Å²) in [4.78, 5) is 24.9. The summed E-state index contributed by atoms with van der Waals surface area (Å²) in [6, 6.07) is 5.08. The molecule has 1 heterocycles. The summed E-state index contributed by atoms with van der Waals surface area (Å²) in [5.74, 6) is -4.74. The van der Waals surface area contributed by atoms with Crippen molar-refractivity contribution < 1.29 is 31.9 Å². The number of likely N-dealkylation sites (tertiary alicyclic amines) is 1. The number of phenolic OH excluding ortho intramolecular Hbond substituents is 1. The Bertz CT molecular complexity index is 1030. The molecule has 1 saturated heterocycles. The Kier molecular flexibility index (Phi) is 11.3. The summed E-state index contributed by atoms with van der Waals surface area (Å²) >= 11 is 0. The van der Waals surface area contributed by atoms with Crippen molar-refractivity contribution in [1.82, 2.24) is 9.62 Å². The fourth-order valence-electron chi connectivity index (χ4n) is 4.27. The fourth-order valence-corrected chi connectivity index (χ4v) is 4.79. The number of hydrogen-bond donors (Lipinski definition) is 2. The maximum absolute atomic E-state index is 14.0. The summed E-state index contributed by atoms with van der Waals surface area (Å²) in [6.45, 7) is 2.08. The van der Waals surface area contributed by atoms with E-state index >= 15 is 0 Å². The van der Waals surface area contributed by atoms with Gasteiger partial charge in [0.05, 0.1) is 12.3 Å². The Labute approximate surface area is 213 Å². The molecule has 7 nitrogen and oxygen atoms in total. The Morgan fingerprint density at radius 2 is 1.86 bits per heavy atom. The highest BCUT2D eigenvalue weighted by Crippen LogP contribution is 2.34. The Morgan fingerprint density at radius 3 is 2.56 bits per heavy atom. The molecule has 36 heavy (non-hydrogen) atoms. The third-order valence-electron chi connectivity index (χ3n) is 6.26. The fraction of sp³-hybridized carbons (Fsp3) is 0.615. The van der Waals surface area contributed by atoms with E-state index in [0.29, 0.717) is 31.4 Å². The zero-order valence-electron chi connectivity index (χ0n) is 21.1. The van der Waals surface area contributed by atoms with Gasteiger partial charge in [0.2, 0.25) is 15.9 Å². The number of hydrogen-bond acceptors (Lipinski definition) is 5. The van der Waals surface area contributed by atoms with Gasteiger partial charge in [0.25, 0.3) is 5.91 Å². The van der Waals surface area contributed by atoms with E-state index < -0.39 is 40.2 Å². The number of sulfonamides is 1. The van der Waals surface area contributed by atoms with Crippen molar-refractivity contribution in [2.75, 3.05) is 12.8 Å². The first-order valence-electron chi connectivity index (χ1n) is 12.5. The van der Waals surface area contributed by atoms with E-state index in [2.05, 4.69) is 0 Å². The van der Waals surface area contributed by atoms with Gasteiger partial charge in [-0.1, -0.05) is 43.5 Å². The summed E-state index contributed by atoms with van der Waals surface area (Å²) in [5.41, 5.74) is 1.94. The molecule has 10 heteroatoms. The molecular weight excluding hydrogens is 490 g/mol. The third-order valence-corrected chi connectivity index (χ3v) is 6.86. The van der Waals surface area contributed by atoms with Gasteiger partial charge in [0.1, 0.15) is 5.75 Å². The van der Waals surface area contributed by atoms with Crippen molar-refractivity contribution in [2.24, 2.45) is 0 Å². The number of carbonyl (C=O) groups is 2. The first-order chi connectivity index (χ1) is 16.9. The minimum absolute atomic E-state index is 0.0760. The lowest BCUT2D eigenvalue weighted by Gasteiger charge is -2.21. The molecule has 202 valence electrons. The van der Waals surface area contributed by atoms with Crippen molar-refractivity contribution in [2.45, 2.75) is 89.5 Å². The number of alkyl halides is 2. The van der Waals surface area contributed by atoms with E-state index in [1.165, 1.54) is 4.90 Å². The molecule has 1 fully saturated rings. The molecule has 0 radical (unpaired) electrons. The minimum Gasteiger partial charge on any atom is -0.508 e. The van der Waals surface area contributed by atoms with Crippen LogP contribution in [0.3, 0.4) is 0 Å². The van der Waals surface area contributed by atoms with Crippen molar-refractivity contribution in [1.29, 1.82) is 0 Å². The average molecular weight is 529 g/mol. The molecule has 0 bridgehead atoms. The van der Waals surface area contributed by atoms with Crippen LogP contribution in [0, 0.1) is 6.92 Å². The van der Waals surface area contributed by atoms with E-state index in [1.807, 2.05) is 29.9 Å². The molecule has 2 amide bonds. The highest BCUT2D eigenvalue weighted by Gasteiger charge is 2.52. The molecular formula is C26H38F2N2O5S. The Hall–Kier alpha value is -2.49. The van der Waals surface area contributed by atoms with Gasteiger partial charge >= 0.3 is 5.92 Å². The molecule has 1 unspecified atom stereocenters. The third kappa shape index (κ3) is 10.2. The number of rotatable bonds is 15. The van der Waals surface area contributed by atoms with Gasteiger partial charge in [-0.2, -0.15) is 8.78 Å². The zero-order chi connectivity index (χ0) is 26.8. The second-order valence-electron chi connectivity index (χ2n) is 9.58. The first kappa shape index (κ1) is 29.7. The predicted octanol–water partition coefficient (Wildman–Crippen LogP) is 4.62. The van der Waals surface area contributed by atoms with Gasteiger partial charge in [-0.3, -0.25) is 14.3 Å². The molecule has 0 spiro atoms. The lowest BCUT2D eigenvalue weighted by molar-refractivity contribution is -0.148. The number of aromatic hydroxyl groups is 1. The van der Waals surface area contributed by atoms with Crippen molar-refractivity contribution in [3.05, 3.63) is 41.5 Å². The van der Waals surface area contributed by atoms with Gasteiger partial charge in [-0.15, -0.1) is 0 Å². The number of amides is 2. The number of halogens is 2. The molecule has 1 atom stereocenters. The molecule has 2 rings (SSSR count). The first-order valence-corrected chi connectivity index (χ1v) is 14.4. The molecule has 0 saturated carbocycles. The van der Waals surface area contributed by atoms with Crippen LogP contribution in [0.25, 0.3) is 0 Å². The number of allylic oxidation sites excluding steroid dienone is 1. The summed E-state index contributed by atoms with van der Waals surface area (Å²) in [5, 5.41) is 9.78. The average Bonchev–Trinajstić information content (AvgIpc) is 2.99. The molecule has 0 aromatic heterocycles. The van der Waals surface area contributed by atoms with E-state index in [-0.39, 0.29) is 13.0 Å². The van der Waals surface area contributed by atoms with E-state index in [0.717, 1.165) is 49.5 Å². The van der Waals surface area contributed by atoms with Crippen LogP contribution in [0.5, 0.6) is 5.75 Å². The van der Waals surface area contributed by atoms with Crippen molar-refractivity contribution >= 4 is 21.8 Å². The summed E-state index contributed by atoms with van der Waals surface area (Å²) < 4.78 is 52.0. The molecule has 2 N–H and O–H groups in total.